The van der Waals surface area contributed by atoms with Gasteiger partial charge in [0.15, 0.2) is 0 Å². The highest BCUT2D eigenvalue weighted by Gasteiger charge is 1.92. The SMILES string of the molecule is CC.NCSCCCCSc1ccccc1. The van der Waals surface area contributed by atoms with Crippen LogP contribution in [0.2, 0.25) is 0 Å². The third-order valence-electron chi connectivity index (χ3n) is 1.81. The minimum atomic E-state index is 0.756. The molecule has 0 aliphatic heterocycles. The van der Waals surface area contributed by atoms with E-state index >= 15 is 0 Å². The first-order valence-electron chi connectivity index (χ1n) is 5.89. The number of unbranched alkanes of at least 4 members (excludes halogenated alkanes) is 1. The minimum Gasteiger partial charge on any atom is -0.322 e. The molecule has 0 aromatic heterocycles. The van der Waals surface area contributed by atoms with Crippen LogP contribution in [-0.4, -0.2) is 17.4 Å². The summed E-state index contributed by atoms with van der Waals surface area (Å²) < 4.78 is 0. The fraction of sp³-hybridized carbons (Fsp3) is 0.538. The number of hydrogen-bond acceptors (Lipinski definition) is 3. The van der Waals surface area contributed by atoms with Crippen LogP contribution < -0.4 is 5.73 Å². The average Bonchev–Trinajstić information content (AvgIpc) is 2.37. The van der Waals surface area contributed by atoms with Crippen LogP contribution in [0.15, 0.2) is 35.2 Å². The van der Waals surface area contributed by atoms with Crippen LogP contribution in [0, 0.1) is 0 Å². The molecule has 1 nitrogen and oxygen atoms in total. The number of thioether (sulfide) groups is 2. The van der Waals surface area contributed by atoms with Crippen molar-refractivity contribution in [1.82, 2.24) is 0 Å². The topological polar surface area (TPSA) is 26.0 Å². The Hall–Kier alpha value is -0.120. The lowest BCUT2D eigenvalue weighted by molar-refractivity contribution is 0.907. The van der Waals surface area contributed by atoms with Crippen molar-refractivity contribution in [1.29, 1.82) is 0 Å². The largest absolute Gasteiger partial charge is 0.322 e. The van der Waals surface area contributed by atoms with E-state index in [9.17, 15) is 0 Å². The Morgan fingerprint density at radius 1 is 1.00 bits per heavy atom. The number of nitrogens with two attached hydrogens (primary N) is 1. The summed E-state index contributed by atoms with van der Waals surface area (Å²) in [5.74, 6) is 3.17. The standard InChI is InChI=1S/C11H17NS2.C2H6/c12-10-13-8-4-5-9-14-11-6-2-1-3-7-11;1-2/h1-3,6-7H,4-5,8-10,12H2;1-2H3. The van der Waals surface area contributed by atoms with Crippen molar-refractivity contribution in [3.05, 3.63) is 30.3 Å². The first kappa shape index (κ1) is 15.9. The Morgan fingerprint density at radius 2 is 1.62 bits per heavy atom. The fourth-order valence-corrected chi connectivity index (χ4v) is 2.60. The second-order valence-corrected chi connectivity index (χ2v) is 5.26. The Kier molecular flexibility index (Phi) is 12.9. The molecule has 0 saturated heterocycles. The fourth-order valence-electron chi connectivity index (χ4n) is 1.10. The van der Waals surface area contributed by atoms with Gasteiger partial charge in [-0.1, -0.05) is 32.0 Å². The highest BCUT2D eigenvalue weighted by atomic mass is 32.2. The molecule has 0 aliphatic rings. The molecule has 0 aliphatic carbocycles. The predicted molar refractivity (Wildman–Crippen MR) is 79.3 cm³/mol. The van der Waals surface area contributed by atoms with Gasteiger partial charge in [-0.3, -0.25) is 0 Å². The molecule has 0 amide bonds. The molecule has 0 heterocycles. The average molecular weight is 257 g/mol. The first-order valence-corrected chi connectivity index (χ1v) is 8.03. The zero-order valence-electron chi connectivity index (χ0n) is 10.3. The zero-order valence-corrected chi connectivity index (χ0v) is 11.9. The van der Waals surface area contributed by atoms with E-state index in [-0.39, 0.29) is 0 Å². The predicted octanol–water partition coefficient (Wildman–Crippen LogP) is 4.23. The molecule has 0 fully saturated rings. The lowest BCUT2D eigenvalue weighted by Crippen LogP contribution is -1.94. The Balaban J connectivity index is 0.00000106. The Labute approximate surface area is 109 Å². The van der Waals surface area contributed by atoms with Crippen molar-refractivity contribution < 1.29 is 0 Å². The maximum absolute atomic E-state index is 5.39. The van der Waals surface area contributed by atoms with Crippen LogP contribution in [0.3, 0.4) is 0 Å². The third-order valence-corrected chi connectivity index (χ3v) is 3.72. The molecular weight excluding hydrogens is 234 g/mol. The maximum Gasteiger partial charge on any atom is 0.0392 e. The van der Waals surface area contributed by atoms with Crippen LogP contribution in [0.5, 0.6) is 0 Å². The summed E-state index contributed by atoms with van der Waals surface area (Å²) in [7, 11) is 0. The summed E-state index contributed by atoms with van der Waals surface area (Å²) in [6.45, 7) is 4.00. The monoisotopic (exact) mass is 257 g/mol. The second kappa shape index (κ2) is 12.9. The summed E-state index contributed by atoms with van der Waals surface area (Å²) in [5, 5.41) is 0. The van der Waals surface area contributed by atoms with Gasteiger partial charge >= 0.3 is 0 Å². The van der Waals surface area contributed by atoms with Crippen LogP contribution in [0.1, 0.15) is 26.7 Å². The quantitative estimate of drug-likeness (QED) is 0.449. The lowest BCUT2D eigenvalue weighted by atomic mass is 10.4. The normalized spacial score (nSPS) is 9.44. The van der Waals surface area contributed by atoms with Crippen LogP contribution >= 0.6 is 23.5 Å². The maximum atomic E-state index is 5.39. The molecule has 0 bridgehead atoms. The molecule has 0 radical (unpaired) electrons. The van der Waals surface area contributed by atoms with Crippen molar-refractivity contribution in [2.45, 2.75) is 31.6 Å². The van der Waals surface area contributed by atoms with Crippen molar-refractivity contribution in [2.24, 2.45) is 5.73 Å². The van der Waals surface area contributed by atoms with Gasteiger partial charge in [0.2, 0.25) is 0 Å². The van der Waals surface area contributed by atoms with E-state index in [1.54, 1.807) is 0 Å². The number of rotatable bonds is 7. The third kappa shape index (κ3) is 9.13. The van der Waals surface area contributed by atoms with Gasteiger partial charge in [0.05, 0.1) is 0 Å². The van der Waals surface area contributed by atoms with E-state index in [0.29, 0.717) is 0 Å². The number of hydrogen-bond donors (Lipinski definition) is 1. The first-order chi connectivity index (χ1) is 7.93. The van der Waals surface area contributed by atoms with Gasteiger partial charge in [0.25, 0.3) is 0 Å². The Morgan fingerprint density at radius 3 is 2.25 bits per heavy atom. The van der Waals surface area contributed by atoms with Gasteiger partial charge in [-0.2, -0.15) is 0 Å². The molecule has 92 valence electrons. The van der Waals surface area contributed by atoms with E-state index in [1.165, 1.54) is 29.2 Å². The summed E-state index contributed by atoms with van der Waals surface area (Å²) in [6.07, 6.45) is 2.56. The number of benzene rings is 1. The van der Waals surface area contributed by atoms with Crippen LogP contribution in [0.25, 0.3) is 0 Å². The van der Waals surface area contributed by atoms with Crippen molar-refractivity contribution in [3.8, 4) is 0 Å². The summed E-state index contributed by atoms with van der Waals surface area (Å²) in [6, 6.07) is 10.6. The highest BCUT2D eigenvalue weighted by molar-refractivity contribution is 7.99. The van der Waals surface area contributed by atoms with Crippen molar-refractivity contribution in [3.63, 3.8) is 0 Å². The van der Waals surface area contributed by atoms with E-state index in [4.69, 9.17) is 5.73 Å². The summed E-state index contributed by atoms with van der Waals surface area (Å²) in [5.41, 5.74) is 5.39. The van der Waals surface area contributed by atoms with E-state index < -0.39 is 0 Å². The zero-order chi connectivity index (χ0) is 12.1. The molecular formula is C13H23NS2. The van der Waals surface area contributed by atoms with Gasteiger partial charge in [-0.15, -0.1) is 23.5 Å². The molecule has 2 N–H and O–H groups in total. The molecule has 1 aromatic carbocycles. The van der Waals surface area contributed by atoms with Gasteiger partial charge in [0, 0.05) is 10.8 Å². The lowest BCUT2D eigenvalue weighted by Gasteiger charge is -2.01. The van der Waals surface area contributed by atoms with Crippen LogP contribution in [0.4, 0.5) is 0 Å². The van der Waals surface area contributed by atoms with Crippen LogP contribution in [-0.2, 0) is 0 Å². The van der Waals surface area contributed by atoms with Gasteiger partial charge in [-0.05, 0) is 36.5 Å². The molecule has 0 atom stereocenters. The molecule has 1 rings (SSSR count). The molecule has 0 saturated carbocycles. The van der Waals surface area contributed by atoms with E-state index in [1.807, 2.05) is 37.4 Å². The molecule has 0 unspecified atom stereocenters. The second-order valence-electron chi connectivity index (χ2n) is 2.94. The molecule has 1 aromatic rings. The molecule has 0 spiro atoms. The molecule has 16 heavy (non-hydrogen) atoms. The molecule has 3 heteroatoms. The highest BCUT2D eigenvalue weighted by Crippen LogP contribution is 2.18. The van der Waals surface area contributed by atoms with Crippen molar-refractivity contribution >= 4 is 23.5 Å². The van der Waals surface area contributed by atoms with Crippen molar-refractivity contribution in [2.75, 3.05) is 17.4 Å². The smallest absolute Gasteiger partial charge is 0.0392 e. The Bertz CT molecular complexity index is 227. The summed E-state index contributed by atoms with van der Waals surface area (Å²) in [4.78, 5) is 1.37. The van der Waals surface area contributed by atoms with Gasteiger partial charge < -0.3 is 5.73 Å². The summed E-state index contributed by atoms with van der Waals surface area (Å²) >= 11 is 3.76. The van der Waals surface area contributed by atoms with E-state index in [2.05, 4.69) is 30.3 Å². The minimum absolute atomic E-state index is 0.756. The van der Waals surface area contributed by atoms with Gasteiger partial charge in [0.1, 0.15) is 0 Å². The van der Waals surface area contributed by atoms with Gasteiger partial charge in [-0.25, -0.2) is 0 Å². The van der Waals surface area contributed by atoms with E-state index in [0.717, 1.165) is 5.88 Å².